The van der Waals surface area contributed by atoms with Gasteiger partial charge in [-0.25, -0.2) is 4.98 Å². The fourth-order valence-electron chi connectivity index (χ4n) is 0.788. The normalized spacial score (nSPS) is 9.18. The first-order valence-corrected chi connectivity index (χ1v) is 3.48. The highest BCUT2D eigenvalue weighted by Crippen LogP contribution is 1.94. The zero-order valence-electron chi connectivity index (χ0n) is 6.29. The summed E-state index contributed by atoms with van der Waals surface area (Å²) < 4.78 is 0. The molecule has 0 bridgehead atoms. The standard InChI is InChI=1S/C6H12N4.ClH/c7-4-2-1-3-6-8-5-9-10-6;/h5H,1-4,7H2,(H,8,9,10);1H. The van der Waals surface area contributed by atoms with Gasteiger partial charge in [-0.1, -0.05) is 0 Å². The van der Waals surface area contributed by atoms with Crippen LogP contribution in [0.25, 0.3) is 0 Å². The molecule has 4 nitrogen and oxygen atoms in total. The molecule has 0 unspecified atom stereocenters. The summed E-state index contributed by atoms with van der Waals surface area (Å²) in [6.07, 6.45) is 4.63. The van der Waals surface area contributed by atoms with Crippen LogP contribution < -0.4 is 5.73 Å². The lowest BCUT2D eigenvalue weighted by Crippen LogP contribution is -1.99. The van der Waals surface area contributed by atoms with Crippen molar-refractivity contribution in [1.82, 2.24) is 15.2 Å². The Hall–Kier alpha value is -0.610. The summed E-state index contributed by atoms with van der Waals surface area (Å²) >= 11 is 0. The van der Waals surface area contributed by atoms with E-state index in [0.29, 0.717) is 0 Å². The number of nitrogens with zero attached hydrogens (tertiary/aromatic N) is 2. The first kappa shape index (κ1) is 10.4. The number of aryl methyl sites for hydroxylation is 1. The average Bonchev–Trinajstić information content (AvgIpc) is 2.41. The maximum Gasteiger partial charge on any atom is 0.137 e. The number of hydrogen-bond donors (Lipinski definition) is 2. The van der Waals surface area contributed by atoms with Gasteiger partial charge >= 0.3 is 0 Å². The van der Waals surface area contributed by atoms with Crippen molar-refractivity contribution in [2.75, 3.05) is 6.54 Å². The second kappa shape index (κ2) is 6.12. The van der Waals surface area contributed by atoms with Crippen molar-refractivity contribution >= 4 is 12.4 Å². The third-order valence-corrected chi connectivity index (χ3v) is 1.33. The molecule has 0 aromatic carbocycles. The molecule has 1 aromatic rings. The zero-order chi connectivity index (χ0) is 7.23. The Morgan fingerprint density at radius 2 is 2.27 bits per heavy atom. The van der Waals surface area contributed by atoms with Gasteiger partial charge in [0.15, 0.2) is 0 Å². The maximum absolute atomic E-state index is 5.32. The SMILES string of the molecule is Cl.NCCCCc1ncn[nH]1. The van der Waals surface area contributed by atoms with Crippen LogP contribution in [0.15, 0.2) is 6.33 Å². The molecule has 0 aliphatic rings. The Morgan fingerprint density at radius 3 is 2.82 bits per heavy atom. The van der Waals surface area contributed by atoms with E-state index in [1.807, 2.05) is 0 Å². The van der Waals surface area contributed by atoms with Gasteiger partial charge in [-0.2, -0.15) is 5.10 Å². The minimum absolute atomic E-state index is 0. The number of unbranched alkanes of at least 4 members (excludes halogenated alkanes) is 1. The smallest absolute Gasteiger partial charge is 0.137 e. The molecule has 0 saturated carbocycles. The minimum atomic E-state index is 0. The van der Waals surface area contributed by atoms with Gasteiger partial charge in [0.05, 0.1) is 0 Å². The third kappa shape index (κ3) is 3.95. The van der Waals surface area contributed by atoms with Gasteiger partial charge in [0, 0.05) is 6.42 Å². The molecule has 1 rings (SSSR count). The second-order valence-electron chi connectivity index (χ2n) is 2.18. The topological polar surface area (TPSA) is 67.6 Å². The minimum Gasteiger partial charge on any atom is -0.330 e. The molecule has 0 fully saturated rings. The van der Waals surface area contributed by atoms with Gasteiger partial charge in [-0.05, 0) is 19.4 Å². The van der Waals surface area contributed by atoms with Crippen molar-refractivity contribution in [3.8, 4) is 0 Å². The van der Waals surface area contributed by atoms with E-state index in [2.05, 4.69) is 15.2 Å². The van der Waals surface area contributed by atoms with Crippen molar-refractivity contribution in [2.24, 2.45) is 5.73 Å². The highest BCUT2D eigenvalue weighted by atomic mass is 35.5. The molecule has 0 radical (unpaired) electrons. The van der Waals surface area contributed by atoms with E-state index in [9.17, 15) is 0 Å². The maximum atomic E-state index is 5.32. The first-order valence-electron chi connectivity index (χ1n) is 3.48. The van der Waals surface area contributed by atoms with Crippen molar-refractivity contribution < 1.29 is 0 Å². The lowest BCUT2D eigenvalue weighted by atomic mass is 10.2. The Kier molecular flexibility index (Phi) is 5.78. The number of aromatic nitrogens is 3. The molecule has 0 aliphatic heterocycles. The number of rotatable bonds is 4. The average molecular weight is 177 g/mol. The predicted molar refractivity (Wildman–Crippen MR) is 45.6 cm³/mol. The van der Waals surface area contributed by atoms with Gasteiger partial charge in [0.1, 0.15) is 12.2 Å². The summed E-state index contributed by atoms with van der Waals surface area (Å²) in [5.41, 5.74) is 5.32. The van der Waals surface area contributed by atoms with E-state index in [-0.39, 0.29) is 12.4 Å². The molecule has 64 valence electrons. The number of hydrogen-bond acceptors (Lipinski definition) is 3. The van der Waals surface area contributed by atoms with Crippen LogP contribution in [0.5, 0.6) is 0 Å². The highest BCUT2D eigenvalue weighted by molar-refractivity contribution is 5.85. The largest absolute Gasteiger partial charge is 0.330 e. The van der Waals surface area contributed by atoms with Crippen LogP contribution in [0, 0.1) is 0 Å². The third-order valence-electron chi connectivity index (χ3n) is 1.33. The van der Waals surface area contributed by atoms with Crippen LogP contribution >= 0.6 is 12.4 Å². The summed E-state index contributed by atoms with van der Waals surface area (Å²) in [6, 6.07) is 0. The quantitative estimate of drug-likeness (QED) is 0.657. The second-order valence-corrected chi connectivity index (χ2v) is 2.18. The Bertz CT molecular complexity index is 163. The van der Waals surface area contributed by atoms with Crippen LogP contribution in [-0.2, 0) is 6.42 Å². The molecule has 3 N–H and O–H groups in total. The fraction of sp³-hybridized carbons (Fsp3) is 0.667. The molecule has 0 amide bonds. The van der Waals surface area contributed by atoms with E-state index in [4.69, 9.17) is 5.73 Å². The Balaban J connectivity index is 0.000001000. The predicted octanol–water partition coefficient (Wildman–Crippen LogP) is 0.508. The van der Waals surface area contributed by atoms with E-state index in [1.54, 1.807) is 0 Å². The van der Waals surface area contributed by atoms with E-state index < -0.39 is 0 Å². The Labute approximate surface area is 72.0 Å². The van der Waals surface area contributed by atoms with Crippen LogP contribution in [0.1, 0.15) is 18.7 Å². The van der Waals surface area contributed by atoms with E-state index >= 15 is 0 Å². The van der Waals surface area contributed by atoms with Crippen molar-refractivity contribution in [1.29, 1.82) is 0 Å². The zero-order valence-corrected chi connectivity index (χ0v) is 7.10. The monoisotopic (exact) mass is 176 g/mol. The van der Waals surface area contributed by atoms with Gasteiger partial charge in [0.2, 0.25) is 0 Å². The fourth-order valence-corrected chi connectivity index (χ4v) is 0.788. The number of nitrogens with one attached hydrogen (secondary N) is 1. The lowest BCUT2D eigenvalue weighted by Gasteiger charge is -1.92. The summed E-state index contributed by atoms with van der Waals surface area (Å²) in [5.74, 6) is 0.952. The first-order chi connectivity index (χ1) is 4.93. The molecule has 0 spiro atoms. The van der Waals surface area contributed by atoms with E-state index in [1.165, 1.54) is 6.33 Å². The summed E-state index contributed by atoms with van der Waals surface area (Å²) in [7, 11) is 0. The number of aromatic amines is 1. The van der Waals surface area contributed by atoms with Crippen molar-refractivity contribution in [3.05, 3.63) is 12.2 Å². The highest BCUT2D eigenvalue weighted by Gasteiger charge is 1.92. The number of H-pyrrole nitrogens is 1. The van der Waals surface area contributed by atoms with Crippen LogP contribution in [0.3, 0.4) is 0 Å². The van der Waals surface area contributed by atoms with Gasteiger partial charge in [-0.15, -0.1) is 12.4 Å². The molecule has 1 aromatic heterocycles. The van der Waals surface area contributed by atoms with Crippen LogP contribution in [0.4, 0.5) is 0 Å². The number of nitrogens with two attached hydrogens (primary N) is 1. The number of halogens is 1. The molecular weight excluding hydrogens is 164 g/mol. The molecule has 0 atom stereocenters. The summed E-state index contributed by atoms with van der Waals surface area (Å²) in [5, 5.41) is 6.53. The van der Waals surface area contributed by atoms with Crippen LogP contribution in [-0.4, -0.2) is 21.7 Å². The molecule has 0 aliphatic carbocycles. The summed E-state index contributed by atoms with van der Waals surface area (Å²) in [4.78, 5) is 3.98. The Morgan fingerprint density at radius 1 is 1.45 bits per heavy atom. The van der Waals surface area contributed by atoms with Gasteiger partial charge in [-0.3, -0.25) is 5.10 Å². The van der Waals surface area contributed by atoms with Gasteiger partial charge < -0.3 is 5.73 Å². The van der Waals surface area contributed by atoms with Crippen LogP contribution in [0.2, 0.25) is 0 Å². The molecule has 11 heavy (non-hydrogen) atoms. The molecule has 1 heterocycles. The van der Waals surface area contributed by atoms with Gasteiger partial charge in [0.25, 0.3) is 0 Å². The molecule has 0 saturated heterocycles. The molecular formula is C6H13ClN4. The lowest BCUT2D eigenvalue weighted by molar-refractivity contribution is 0.718. The van der Waals surface area contributed by atoms with Crippen molar-refractivity contribution in [3.63, 3.8) is 0 Å². The van der Waals surface area contributed by atoms with E-state index in [0.717, 1.165) is 31.6 Å². The van der Waals surface area contributed by atoms with Crippen molar-refractivity contribution in [2.45, 2.75) is 19.3 Å². The summed E-state index contributed by atoms with van der Waals surface area (Å²) in [6.45, 7) is 0.758. The molecule has 5 heteroatoms.